The van der Waals surface area contributed by atoms with Crippen molar-refractivity contribution >= 4 is 5.78 Å². The van der Waals surface area contributed by atoms with Gasteiger partial charge in [0.05, 0.1) is 6.10 Å². The van der Waals surface area contributed by atoms with E-state index in [-0.39, 0.29) is 17.9 Å². The van der Waals surface area contributed by atoms with Crippen molar-refractivity contribution in [3.05, 3.63) is 22.8 Å². The minimum absolute atomic E-state index is 0.127. The van der Waals surface area contributed by atoms with Crippen molar-refractivity contribution in [3.63, 3.8) is 0 Å². The SMILES string of the molecule is CC1=CCC2=C(C)CC[C@@H]([C@H](C)CCC(=O)C(C)C)[C@@H](O)[C@H]12. The fourth-order valence-electron chi connectivity index (χ4n) is 4.17. The third-order valence-electron chi connectivity index (χ3n) is 5.91. The lowest BCUT2D eigenvalue weighted by molar-refractivity contribution is -0.122. The van der Waals surface area contributed by atoms with Crippen LogP contribution in [-0.4, -0.2) is 17.0 Å². The topological polar surface area (TPSA) is 37.3 Å². The molecule has 0 aliphatic heterocycles. The summed E-state index contributed by atoms with van der Waals surface area (Å²) in [4.78, 5) is 11.9. The Kier molecular flexibility index (Phi) is 5.65. The highest BCUT2D eigenvalue weighted by molar-refractivity contribution is 5.80. The molecular weight excluding hydrogens is 272 g/mol. The molecule has 0 unspecified atom stereocenters. The average Bonchev–Trinajstić information content (AvgIpc) is 2.80. The van der Waals surface area contributed by atoms with Crippen LogP contribution in [0.25, 0.3) is 0 Å². The molecule has 0 saturated heterocycles. The van der Waals surface area contributed by atoms with Crippen LogP contribution >= 0.6 is 0 Å². The van der Waals surface area contributed by atoms with E-state index in [9.17, 15) is 9.90 Å². The minimum atomic E-state index is -0.282. The number of ketones is 1. The van der Waals surface area contributed by atoms with Gasteiger partial charge in [-0.05, 0) is 51.4 Å². The van der Waals surface area contributed by atoms with Crippen molar-refractivity contribution in [2.24, 2.45) is 23.7 Å². The number of aliphatic hydroxyl groups is 1. The van der Waals surface area contributed by atoms with Gasteiger partial charge in [0, 0.05) is 18.3 Å². The van der Waals surface area contributed by atoms with E-state index in [1.165, 1.54) is 16.7 Å². The van der Waals surface area contributed by atoms with Crippen molar-refractivity contribution in [2.45, 2.75) is 72.8 Å². The lowest BCUT2D eigenvalue weighted by Gasteiger charge is -2.32. The van der Waals surface area contributed by atoms with Crippen LogP contribution in [0.4, 0.5) is 0 Å². The zero-order chi connectivity index (χ0) is 16.4. The summed E-state index contributed by atoms with van der Waals surface area (Å²) in [6.45, 7) is 10.6. The first-order chi connectivity index (χ1) is 10.3. The van der Waals surface area contributed by atoms with Crippen molar-refractivity contribution in [2.75, 3.05) is 0 Å². The van der Waals surface area contributed by atoms with Crippen LogP contribution in [-0.2, 0) is 4.79 Å². The van der Waals surface area contributed by atoms with Gasteiger partial charge in [-0.1, -0.05) is 43.6 Å². The smallest absolute Gasteiger partial charge is 0.135 e. The third-order valence-corrected chi connectivity index (χ3v) is 5.91. The summed E-state index contributed by atoms with van der Waals surface area (Å²) < 4.78 is 0. The largest absolute Gasteiger partial charge is 0.392 e. The number of hydrogen-bond acceptors (Lipinski definition) is 2. The number of allylic oxidation sites excluding steroid dienone is 2. The van der Waals surface area contributed by atoms with Gasteiger partial charge in [0.25, 0.3) is 0 Å². The Labute approximate surface area is 135 Å². The number of aliphatic hydroxyl groups excluding tert-OH is 1. The zero-order valence-electron chi connectivity index (χ0n) is 14.9. The van der Waals surface area contributed by atoms with E-state index in [0.717, 1.165) is 25.7 Å². The number of carbonyl (C=O) groups excluding carboxylic acids is 1. The summed E-state index contributed by atoms with van der Waals surface area (Å²) in [5, 5.41) is 11.0. The molecule has 0 radical (unpaired) electrons. The molecule has 0 aromatic carbocycles. The fourth-order valence-corrected chi connectivity index (χ4v) is 4.17. The van der Waals surface area contributed by atoms with E-state index in [0.29, 0.717) is 24.0 Å². The quantitative estimate of drug-likeness (QED) is 0.749. The highest BCUT2D eigenvalue weighted by Crippen LogP contribution is 2.44. The monoisotopic (exact) mass is 304 g/mol. The van der Waals surface area contributed by atoms with Gasteiger partial charge < -0.3 is 5.11 Å². The van der Waals surface area contributed by atoms with Gasteiger partial charge in [0.2, 0.25) is 0 Å². The Morgan fingerprint density at radius 1 is 1.32 bits per heavy atom. The molecule has 0 heterocycles. The molecule has 2 aliphatic carbocycles. The van der Waals surface area contributed by atoms with Crippen molar-refractivity contribution in [1.82, 2.24) is 0 Å². The predicted molar refractivity (Wildman–Crippen MR) is 91.5 cm³/mol. The van der Waals surface area contributed by atoms with Crippen molar-refractivity contribution in [3.8, 4) is 0 Å². The van der Waals surface area contributed by atoms with Gasteiger partial charge in [0.15, 0.2) is 0 Å². The van der Waals surface area contributed by atoms with E-state index >= 15 is 0 Å². The number of hydrogen-bond donors (Lipinski definition) is 1. The summed E-state index contributed by atoms with van der Waals surface area (Å²) in [6.07, 6.45) is 6.72. The van der Waals surface area contributed by atoms with Crippen molar-refractivity contribution in [1.29, 1.82) is 0 Å². The van der Waals surface area contributed by atoms with Crippen LogP contribution in [0.2, 0.25) is 0 Å². The Bertz CT molecular complexity index is 484. The molecular formula is C20H32O2. The van der Waals surface area contributed by atoms with Crippen LogP contribution in [0.3, 0.4) is 0 Å². The number of fused-ring (bicyclic) bond motifs is 1. The van der Waals surface area contributed by atoms with E-state index in [4.69, 9.17) is 0 Å². The molecule has 0 fully saturated rings. The normalized spacial score (nSPS) is 30.1. The molecule has 0 bridgehead atoms. The van der Waals surface area contributed by atoms with Crippen molar-refractivity contribution < 1.29 is 9.90 Å². The first kappa shape index (κ1) is 17.5. The highest BCUT2D eigenvalue weighted by Gasteiger charge is 2.38. The first-order valence-electron chi connectivity index (χ1n) is 8.88. The molecule has 2 heteroatoms. The maximum atomic E-state index is 11.9. The molecule has 0 aromatic rings. The molecule has 0 spiro atoms. The van der Waals surface area contributed by atoms with Crippen LogP contribution < -0.4 is 0 Å². The third kappa shape index (κ3) is 3.53. The predicted octanol–water partition coefficient (Wildman–Crippen LogP) is 4.68. The van der Waals surface area contributed by atoms with Gasteiger partial charge in [-0.3, -0.25) is 4.79 Å². The van der Waals surface area contributed by atoms with Crippen LogP contribution in [0, 0.1) is 23.7 Å². The average molecular weight is 304 g/mol. The molecule has 0 amide bonds. The van der Waals surface area contributed by atoms with E-state index < -0.39 is 0 Å². The van der Waals surface area contributed by atoms with Crippen LogP contribution in [0.5, 0.6) is 0 Å². The maximum Gasteiger partial charge on any atom is 0.135 e. The second kappa shape index (κ2) is 7.12. The zero-order valence-corrected chi connectivity index (χ0v) is 14.9. The molecule has 2 nitrogen and oxygen atoms in total. The number of Topliss-reactive ketones (excluding diaryl/α,β-unsaturated/α-hetero) is 1. The van der Waals surface area contributed by atoms with Crippen LogP contribution in [0.15, 0.2) is 22.8 Å². The molecule has 2 rings (SSSR count). The summed E-state index contributed by atoms with van der Waals surface area (Å²) in [6, 6.07) is 0. The van der Waals surface area contributed by atoms with Gasteiger partial charge in [0.1, 0.15) is 5.78 Å². The van der Waals surface area contributed by atoms with Gasteiger partial charge >= 0.3 is 0 Å². The highest BCUT2D eigenvalue weighted by atomic mass is 16.3. The molecule has 0 saturated carbocycles. The Balaban J connectivity index is 2.06. The lowest BCUT2D eigenvalue weighted by Crippen LogP contribution is -2.33. The van der Waals surface area contributed by atoms with E-state index in [2.05, 4.69) is 26.8 Å². The Morgan fingerprint density at radius 3 is 2.64 bits per heavy atom. The number of carbonyl (C=O) groups is 1. The summed E-state index contributed by atoms with van der Waals surface area (Å²) in [7, 11) is 0. The molecule has 2 aliphatic rings. The molecule has 4 atom stereocenters. The standard InChI is InChI=1S/C20H32O2/c1-12(2)18(21)11-8-14(4)17-10-6-13(3)16-9-7-15(5)19(16)20(17)22/h7,12,14,17,19-20,22H,6,8-11H2,1-5H3/t14-,17+,19-,20-/m1/s1. The minimum Gasteiger partial charge on any atom is -0.392 e. The number of rotatable bonds is 5. The second-order valence-electron chi connectivity index (χ2n) is 7.77. The molecule has 1 N–H and O–H groups in total. The van der Waals surface area contributed by atoms with E-state index in [1.807, 2.05) is 13.8 Å². The fraction of sp³-hybridized carbons (Fsp3) is 0.750. The Morgan fingerprint density at radius 2 is 2.00 bits per heavy atom. The summed E-state index contributed by atoms with van der Waals surface area (Å²) >= 11 is 0. The van der Waals surface area contributed by atoms with Gasteiger partial charge in [-0.15, -0.1) is 0 Å². The van der Waals surface area contributed by atoms with Crippen LogP contribution in [0.1, 0.15) is 66.7 Å². The Hall–Kier alpha value is -0.890. The molecule has 22 heavy (non-hydrogen) atoms. The summed E-state index contributed by atoms with van der Waals surface area (Å²) in [5.74, 6) is 1.41. The first-order valence-corrected chi connectivity index (χ1v) is 8.88. The van der Waals surface area contributed by atoms with E-state index in [1.54, 1.807) is 0 Å². The molecule has 0 aromatic heterocycles. The molecule has 124 valence electrons. The second-order valence-corrected chi connectivity index (χ2v) is 7.77. The summed E-state index contributed by atoms with van der Waals surface area (Å²) in [5.41, 5.74) is 4.27. The lowest BCUT2D eigenvalue weighted by atomic mass is 9.77. The van der Waals surface area contributed by atoms with Gasteiger partial charge in [-0.25, -0.2) is 0 Å². The maximum absolute atomic E-state index is 11.9. The van der Waals surface area contributed by atoms with Gasteiger partial charge in [-0.2, -0.15) is 0 Å².